The number of amides is 1. The van der Waals surface area contributed by atoms with Crippen LogP contribution in [0.2, 0.25) is 0 Å². The summed E-state index contributed by atoms with van der Waals surface area (Å²) in [5, 5.41) is 3.75. The molecule has 3 aromatic rings. The fraction of sp³-hybridized carbons (Fsp3) is 0.167. The maximum absolute atomic E-state index is 12.7. The van der Waals surface area contributed by atoms with Gasteiger partial charge in [0.2, 0.25) is 0 Å². The molecule has 5 heteroatoms. The Labute approximate surface area is 143 Å². The average molecular weight is 370 g/mol. The van der Waals surface area contributed by atoms with Crippen molar-refractivity contribution in [2.24, 2.45) is 0 Å². The van der Waals surface area contributed by atoms with E-state index in [1.165, 1.54) is 0 Å². The van der Waals surface area contributed by atoms with Crippen molar-refractivity contribution in [2.45, 2.75) is 19.9 Å². The van der Waals surface area contributed by atoms with Gasteiger partial charge >= 0.3 is 0 Å². The predicted molar refractivity (Wildman–Crippen MR) is 94.3 cm³/mol. The van der Waals surface area contributed by atoms with Gasteiger partial charge in [0, 0.05) is 9.86 Å². The average Bonchev–Trinajstić information content (AvgIpc) is 2.55. The van der Waals surface area contributed by atoms with Crippen molar-refractivity contribution in [1.29, 1.82) is 0 Å². The second-order valence-corrected chi connectivity index (χ2v) is 6.30. The largest absolute Gasteiger partial charge is 0.344 e. The van der Waals surface area contributed by atoms with E-state index in [4.69, 9.17) is 0 Å². The first-order chi connectivity index (χ1) is 11.0. The van der Waals surface area contributed by atoms with Crippen molar-refractivity contribution in [3.8, 4) is 0 Å². The Morgan fingerprint density at radius 1 is 1.13 bits per heavy atom. The predicted octanol–water partition coefficient (Wildman–Crippen LogP) is 4.19. The zero-order chi connectivity index (χ0) is 16.4. The van der Waals surface area contributed by atoms with Gasteiger partial charge in [-0.1, -0.05) is 46.3 Å². The van der Waals surface area contributed by atoms with Crippen molar-refractivity contribution >= 4 is 32.7 Å². The number of hydrogen-bond donors (Lipinski definition) is 1. The Morgan fingerprint density at radius 2 is 1.87 bits per heavy atom. The van der Waals surface area contributed by atoms with E-state index in [0.29, 0.717) is 11.5 Å². The molecule has 1 amide bonds. The molecule has 0 aliphatic heterocycles. The van der Waals surface area contributed by atoms with Crippen LogP contribution in [0.25, 0.3) is 10.9 Å². The molecule has 1 N–H and O–H groups in total. The van der Waals surface area contributed by atoms with Crippen molar-refractivity contribution in [2.75, 3.05) is 0 Å². The lowest BCUT2D eigenvalue weighted by molar-refractivity contribution is 0.0936. The molecule has 4 nitrogen and oxygen atoms in total. The van der Waals surface area contributed by atoms with Crippen LogP contribution in [-0.4, -0.2) is 15.9 Å². The van der Waals surface area contributed by atoms with Gasteiger partial charge in [0.05, 0.1) is 11.6 Å². The summed E-state index contributed by atoms with van der Waals surface area (Å²) in [6.45, 7) is 3.75. The SMILES string of the molecule is Cc1nc(C(=O)N[C@H](C)c2ccccc2)c2cc(Br)ccc2n1. The van der Waals surface area contributed by atoms with Crippen LogP contribution in [-0.2, 0) is 0 Å². The van der Waals surface area contributed by atoms with Crippen LogP contribution in [0.1, 0.15) is 34.8 Å². The highest BCUT2D eigenvalue weighted by Crippen LogP contribution is 2.22. The van der Waals surface area contributed by atoms with E-state index in [0.717, 1.165) is 20.9 Å². The fourth-order valence-corrected chi connectivity index (χ4v) is 2.84. The van der Waals surface area contributed by atoms with Crippen molar-refractivity contribution in [3.05, 3.63) is 70.1 Å². The molecule has 0 bridgehead atoms. The number of carbonyl (C=O) groups excluding carboxylic acids is 1. The summed E-state index contributed by atoms with van der Waals surface area (Å²) in [5.41, 5.74) is 2.21. The monoisotopic (exact) mass is 369 g/mol. The smallest absolute Gasteiger partial charge is 0.271 e. The summed E-state index contributed by atoms with van der Waals surface area (Å²) < 4.78 is 0.891. The van der Waals surface area contributed by atoms with E-state index in [2.05, 4.69) is 31.2 Å². The second-order valence-electron chi connectivity index (χ2n) is 5.39. The van der Waals surface area contributed by atoms with E-state index in [1.54, 1.807) is 6.92 Å². The van der Waals surface area contributed by atoms with Crippen LogP contribution in [0.4, 0.5) is 0 Å². The number of aromatic nitrogens is 2. The van der Waals surface area contributed by atoms with Crippen LogP contribution in [0.15, 0.2) is 53.0 Å². The third kappa shape index (κ3) is 3.40. The molecule has 0 aliphatic rings. The first-order valence-electron chi connectivity index (χ1n) is 7.34. The lowest BCUT2D eigenvalue weighted by atomic mass is 10.1. The molecule has 2 aromatic carbocycles. The summed E-state index contributed by atoms with van der Waals surface area (Å²) in [6, 6.07) is 15.4. The molecule has 0 unspecified atom stereocenters. The number of carbonyl (C=O) groups is 1. The van der Waals surface area contributed by atoms with E-state index < -0.39 is 0 Å². The lowest BCUT2D eigenvalue weighted by Gasteiger charge is -2.15. The van der Waals surface area contributed by atoms with Gasteiger partial charge in [-0.05, 0) is 37.6 Å². The fourth-order valence-electron chi connectivity index (χ4n) is 2.48. The molecule has 0 saturated heterocycles. The number of benzene rings is 2. The molecule has 1 atom stereocenters. The molecular formula is C18H16BrN3O. The first kappa shape index (κ1) is 15.6. The van der Waals surface area contributed by atoms with Gasteiger partial charge in [-0.2, -0.15) is 0 Å². The van der Waals surface area contributed by atoms with E-state index >= 15 is 0 Å². The minimum atomic E-state index is -0.199. The summed E-state index contributed by atoms with van der Waals surface area (Å²) in [5.74, 6) is 0.382. The quantitative estimate of drug-likeness (QED) is 0.752. The highest BCUT2D eigenvalue weighted by molar-refractivity contribution is 9.10. The minimum absolute atomic E-state index is 0.0961. The first-order valence-corrected chi connectivity index (χ1v) is 8.13. The molecule has 0 saturated carbocycles. The Bertz CT molecular complexity index is 865. The minimum Gasteiger partial charge on any atom is -0.344 e. The number of rotatable bonds is 3. The Morgan fingerprint density at radius 3 is 2.61 bits per heavy atom. The number of hydrogen-bond acceptors (Lipinski definition) is 3. The van der Waals surface area contributed by atoms with Gasteiger partial charge in [0.15, 0.2) is 0 Å². The molecule has 3 rings (SSSR count). The molecule has 1 aromatic heterocycles. The van der Waals surface area contributed by atoms with Gasteiger partial charge in [0.1, 0.15) is 11.5 Å². The topological polar surface area (TPSA) is 54.9 Å². The van der Waals surface area contributed by atoms with Gasteiger partial charge < -0.3 is 5.32 Å². The van der Waals surface area contributed by atoms with Crippen LogP contribution in [0.5, 0.6) is 0 Å². The van der Waals surface area contributed by atoms with Crippen LogP contribution in [0.3, 0.4) is 0 Å². The van der Waals surface area contributed by atoms with Gasteiger partial charge in [0.25, 0.3) is 5.91 Å². The molecule has 23 heavy (non-hydrogen) atoms. The van der Waals surface area contributed by atoms with Crippen LogP contribution in [0, 0.1) is 6.92 Å². The summed E-state index contributed by atoms with van der Waals surface area (Å²) in [6.07, 6.45) is 0. The van der Waals surface area contributed by atoms with Crippen LogP contribution >= 0.6 is 15.9 Å². The third-order valence-corrected chi connectivity index (χ3v) is 4.13. The van der Waals surface area contributed by atoms with E-state index in [-0.39, 0.29) is 11.9 Å². The molecule has 1 heterocycles. The number of halogens is 1. The summed E-state index contributed by atoms with van der Waals surface area (Å²) in [7, 11) is 0. The zero-order valence-corrected chi connectivity index (χ0v) is 14.5. The normalized spacial score (nSPS) is 12.1. The standard InChI is InChI=1S/C18H16BrN3O/c1-11(13-6-4-3-5-7-13)20-18(23)17-15-10-14(19)8-9-16(15)21-12(2)22-17/h3-11H,1-2H3,(H,20,23)/t11-/m1/s1. The summed E-state index contributed by atoms with van der Waals surface area (Å²) in [4.78, 5) is 21.4. The molecule has 0 radical (unpaired) electrons. The Kier molecular flexibility index (Phi) is 4.39. The van der Waals surface area contributed by atoms with Crippen molar-refractivity contribution in [1.82, 2.24) is 15.3 Å². The number of aryl methyl sites for hydroxylation is 1. The number of nitrogens with zero attached hydrogens (tertiary/aromatic N) is 2. The van der Waals surface area contributed by atoms with Gasteiger partial charge in [-0.3, -0.25) is 4.79 Å². The maximum Gasteiger partial charge on any atom is 0.271 e. The molecule has 0 fully saturated rings. The van der Waals surface area contributed by atoms with Gasteiger partial charge in [-0.15, -0.1) is 0 Å². The van der Waals surface area contributed by atoms with E-state index in [1.807, 2.05) is 55.5 Å². The summed E-state index contributed by atoms with van der Waals surface area (Å²) >= 11 is 3.43. The highest BCUT2D eigenvalue weighted by Gasteiger charge is 2.17. The number of fused-ring (bicyclic) bond motifs is 1. The molecule has 116 valence electrons. The van der Waals surface area contributed by atoms with E-state index in [9.17, 15) is 4.79 Å². The molecule has 0 spiro atoms. The Balaban J connectivity index is 1.96. The molecule has 0 aliphatic carbocycles. The van der Waals surface area contributed by atoms with Crippen molar-refractivity contribution in [3.63, 3.8) is 0 Å². The highest BCUT2D eigenvalue weighted by atomic mass is 79.9. The number of nitrogens with one attached hydrogen (secondary N) is 1. The Hall–Kier alpha value is -2.27. The van der Waals surface area contributed by atoms with Crippen LogP contribution < -0.4 is 5.32 Å². The van der Waals surface area contributed by atoms with Crippen molar-refractivity contribution < 1.29 is 4.79 Å². The second kappa shape index (κ2) is 6.46. The maximum atomic E-state index is 12.7. The van der Waals surface area contributed by atoms with Gasteiger partial charge in [-0.25, -0.2) is 9.97 Å². The lowest BCUT2D eigenvalue weighted by Crippen LogP contribution is -2.28. The zero-order valence-electron chi connectivity index (χ0n) is 12.9. The third-order valence-electron chi connectivity index (χ3n) is 3.63. The molecular weight excluding hydrogens is 354 g/mol.